The number of carboxylic acid groups (broad SMARTS) is 1. The second kappa shape index (κ2) is 11.3. The van der Waals surface area contributed by atoms with E-state index < -0.39 is 5.97 Å². The van der Waals surface area contributed by atoms with Gasteiger partial charge in [0, 0.05) is 11.1 Å². The van der Waals surface area contributed by atoms with Gasteiger partial charge in [-0.25, -0.2) is 4.79 Å². The fourth-order valence-corrected chi connectivity index (χ4v) is 3.31. The van der Waals surface area contributed by atoms with Gasteiger partial charge in [0.1, 0.15) is 0 Å². The van der Waals surface area contributed by atoms with E-state index in [1.54, 1.807) is 30.3 Å². The maximum absolute atomic E-state index is 12.6. The van der Waals surface area contributed by atoms with Crippen molar-refractivity contribution in [3.63, 3.8) is 0 Å². The minimum absolute atomic E-state index is 0.0468. The molecule has 0 saturated heterocycles. The molecule has 0 aromatic heterocycles. The van der Waals surface area contributed by atoms with Gasteiger partial charge < -0.3 is 5.11 Å². The zero-order chi connectivity index (χ0) is 19.5. The molecule has 0 unspecified atom stereocenters. The minimum Gasteiger partial charge on any atom is -0.478 e. The van der Waals surface area contributed by atoms with Crippen LogP contribution in [0.4, 0.5) is 0 Å². The number of hydrogen-bond donors (Lipinski definition) is 1. The summed E-state index contributed by atoms with van der Waals surface area (Å²) in [6.45, 7) is 2.24. The van der Waals surface area contributed by atoms with Crippen LogP contribution in [0.2, 0.25) is 0 Å². The van der Waals surface area contributed by atoms with Crippen molar-refractivity contribution in [1.29, 1.82) is 0 Å². The lowest BCUT2D eigenvalue weighted by molar-refractivity contribution is 0.0693. The third-order valence-electron chi connectivity index (χ3n) is 4.94. The summed E-state index contributed by atoms with van der Waals surface area (Å²) in [5.74, 6) is -1.32. The minimum atomic E-state index is -1.08. The first-order valence-corrected chi connectivity index (χ1v) is 10.1. The lowest BCUT2D eigenvalue weighted by Crippen LogP contribution is -2.09. The standard InChI is InChI=1S/C24H30O3/c1-2-3-4-5-6-7-8-9-12-19-15-17-20(18-16-19)23(25)21-13-10-11-14-22(21)24(26)27/h10-11,13-18H,2-9,12H2,1H3,(H,26,27). The molecule has 0 atom stereocenters. The highest BCUT2D eigenvalue weighted by Gasteiger charge is 2.17. The van der Waals surface area contributed by atoms with Gasteiger partial charge in [-0.2, -0.15) is 0 Å². The van der Waals surface area contributed by atoms with Crippen LogP contribution in [0.25, 0.3) is 0 Å². The van der Waals surface area contributed by atoms with Crippen molar-refractivity contribution in [2.24, 2.45) is 0 Å². The number of hydrogen-bond acceptors (Lipinski definition) is 2. The summed E-state index contributed by atoms with van der Waals surface area (Å²) in [5, 5.41) is 9.25. The molecule has 0 fully saturated rings. The number of benzene rings is 2. The van der Waals surface area contributed by atoms with Gasteiger partial charge in [0.2, 0.25) is 0 Å². The predicted octanol–water partition coefficient (Wildman–Crippen LogP) is 6.30. The van der Waals surface area contributed by atoms with E-state index in [0.29, 0.717) is 5.56 Å². The summed E-state index contributed by atoms with van der Waals surface area (Å²) in [6, 6.07) is 13.9. The summed E-state index contributed by atoms with van der Waals surface area (Å²) >= 11 is 0. The third-order valence-corrected chi connectivity index (χ3v) is 4.94. The number of unbranched alkanes of at least 4 members (excludes halogenated alkanes) is 7. The highest BCUT2D eigenvalue weighted by molar-refractivity contribution is 6.14. The van der Waals surface area contributed by atoms with Crippen molar-refractivity contribution >= 4 is 11.8 Å². The van der Waals surface area contributed by atoms with Gasteiger partial charge in [-0.3, -0.25) is 4.79 Å². The average molecular weight is 367 g/mol. The predicted molar refractivity (Wildman–Crippen MR) is 110 cm³/mol. The number of ketones is 1. The average Bonchev–Trinajstić information content (AvgIpc) is 2.70. The maximum Gasteiger partial charge on any atom is 0.336 e. The molecular weight excluding hydrogens is 336 g/mol. The SMILES string of the molecule is CCCCCCCCCCc1ccc(C(=O)c2ccccc2C(=O)O)cc1. The Bertz CT molecular complexity index is 732. The molecule has 3 heteroatoms. The van der Waals surface area contributed by atoms with Crippen LogP contribution in [0.15, 0.2) is 48.5 Å². The van der Waals surface area contributed by atoms with E-state index in [-0.39, 0.29) is 16.9 Å². The Hall–Kier alpha value is -2.42. The largest absolute Gasteiger partial charge is 0.478 e. The first-order valence-electron chi connectivity index (χ1n) is 10.1. The Morgan fingerprint density at radius 3 is 1.89 bits per heavy atom. The molecule has 3 nitrogen and oxygen atoms in total. The highest BCUT2D eigenvalue weighted by atomic mass is 16.4. The smallest absolute Gasteiger partial charge is 0.336 e. The molecule has 0 bridgehead atoms. The summed E-state index contributed by atoms with van der Waals surface area (Å²) in [4.78, 5) is 23.9. The van der Waals surface area contributed by atoms with E-state index in [0.717, 1.165) is 6.42 Å². The lowest BCUT2D eigenvalue weighted by atomic mass is 9.97. The Labute approximate surface area is 162 Å². The summed E-state index contributed by atoms with van der Waals surface area (Å²) in [6.07, 6.45) is 11.4. The Balaban J connectivity index is 1.83. The molecule has 0 aliphatic heterocycles. The second-order valence-corrected chi connectivity index (χ2v) is 7.10. The fraction of sp³-hybridized carbons (Fsp3) is 0.417. The Morgan fingerprint density at radius 2 is 1.30 bits per heavy atom. The molecule has 0 spiro atoms. The summed E-state index contributed by atoms with van der Waals surface area (Å²) in [7, 11) is 0. The molecular formula is C24H30O3. The summed E-state index contributed by atoms with van der Waals surface area (Å²) < 4.78 is 0. The van der Waals surface area contributed by atoms with Crippen LogP contribution in [-0.4, -0.2) is 16.9 Å². The molecule has 2 aromatic rings. The van der Waals surface area contributed by atoms with E-state index in [1.807, 2.05) is 12.1 Å². The topological polar surface area (TPSA) is 54.4 Å². The number of rotatable bonds is 12. The second-order valence-electron chi connectivity index (χ2n) is 7.10. The third kappa shape index (κ3) is 6.67. The lowest BCUT2D eigenvalue weighted by Gasteiger charge is -2.07. The summed E-state index contributed by atoms with van der Waals surface area (Å²) in [5.41, 5.74) is 2.04. The van der Waals surface area contributed by atoms with Gasteiger partial charge in [0.25, 0.3) is 0 Å². The van der Waals surface area contributed by atoms with Crippen LogP contribution in [0, 0.1) is 0 Å². The molecule has 2 aromatic carbocycles. The molecule has 1 N–H and O–H groups in total. The molecule has 0 radical (unpaired) electrons. The molecule has 144 valence electrons. The van der Waals surface area contributed by atoms with E-state index in [4.69, 9.17) is 0 Å². The number of aromatic carboxylic acids is 1. The van der Waals surface area contributed by atoms with Gasteiger partial charge in [-0.1, -0.05) is 94.3 Å². The zero-order valence-corrected chi connectivity index (χ0v) is 16.2. The fourth-order valence-electron chi connectivity index (χ4n) is 3.31. The van der Waals surface area contributed by atoms with E-state index in [2.05, 4.69) is 6.92 Å². The monoisotopic (exact) mass is 366 g/mol. The van der Waals surface area contributed by atoms with Crippen molar-refractivity contribution in [3.8, 4) is 0 Å². The van der Waals surface area contributed by atoms with Gasteiger partial charge in [0.05, 0.1) is 5.56 Å². The zero-order valence-electron chi connectivity index (χ0n) is 16.2. The van der Waals surface area contributed by atoms with Crippen LogP contribution in [0.1, 0.15) is 90.1 Å². The molecule has 0 aliphatic carbocycles. The van der Waals surface area contributed by atoms with Crippen molar-refractivity contribution in [2.45, 2.75) is 64.7 Å². The van der Waals surface area contributed by atoms with Gasteiger partial charge >= 0.3 is 5.97 Å². The molecule has 0 heterocycles. The number of aryl methyl sites for hydroxylation is 1. The van der Waals surface area contributed by atoms with Crippen molar-refractivity contribution in [2.75, 3.05) is 0 Å². The molecule has 0 aliphatic rings. The van der Waals surface area contributed by atoms with Crippen molar-refractivity contribution in [3.05, 3.63) is 70.8 Å². The molecule has 0 saturated carbocycles. The maximum atomic E-state index is 12.6. The van der Waals surface area contributed by atoms with Crippen LogP contribution in [0.5, 0.6) is 0 Å². The molecule has 2 rings (SSSR count). The number of carboxylic acids is 1. The number of carbonyl (C=O) groups is 2. The Kier molecular flexibility index (Phi) is 8.76. The van der Waals surface area contributed by atoms with E-state index >= 15 is 0 Å². The highest BCUT2D eigenvalue weighted by Crippen LogP contribution is 2.17. The molecule has 0 amide bonds. The Morgan fingerprint density at radius 1 is 0.741 bits per heavy atom. The van der Waals surface area contributed by atoms with E-state index in [1.165, 1.54) is 63.0 Å². The van der Waals surface area contributed by atoms with Crippen LogP contribution in [0.3, 0.4) is 0 Å². The van der Waals surface area contributed by atoms with Crippen LogP contribution < -0.4 is 0 Å². The first-order chi connectivity index (χ1) is 13.1. The van der Waals surface area contributed by atoms with E-state index in [9.17, 15) is 14.7 Å². The number of carbonyl (C=O) groups excluding carboxylic acids is 1. The van der Waals surface area contributed by atoms with Crippen LogP contribution >= 0.6 is 0 Å². The van der Waals surface area contributed by atoms with Gasteiger partial charge in [-0.05, 0) is 24.5 Å². The van der Waals surface area contributed by atoms with Crippen molar-refractivity contribution in [1.82, 2.24) is 0 Å². The quantitative estimate of drug-likeness (QED) is 0.354. The van der Waals surface area contributed by atoms with Crippen molar-refractivity contribution < 1.29 is 14.7 Å². The first kappa shape index (κ1) is 20.9. The molecule has 27 heavy (non-hydrogen) atoms. The van der Waals surface area contributed by atoms with Gasteiger partial charge in [-0.15, -0.1) is 0 Å². The van der Waals surface area contributed by atoms with Gasteiger partial charge in [0.15, 0.2) is 5.78 Å². The van der Waals surface area contributed by atoms with Crippen LogP contribution in [-0.2, 0) is 6.42 Å². The normalized spacial score (nSPS) is 10.7.